The molecule has 2 amide bonds. The number of halogens is 6. The lowest BCUT2D eigenvalue weighted by Gasteiger charge is -2.26. The molecule has 0 saturated carbocycles. The van der Waals surface area contributed by atoms with Crippen molar-refractivity contribution in [1.29, 1.82) is 0 Å². The first-order valence-corrected chi connectivity index (χ1v) is 10.5. The Hall–Kier alpha value is -3.05. The number of carbonyl (C=O) groups excluding carboxylic acids is 2. The summed E-state index contributed by atoms with van der Waals surface area (Å²) in [5, 5.41) is 12.2. The van der Waals surface area contributed by atoms with Gasteiger partial charge in [0.15, 0.2) is 0 Å². The summed E-state index contributed by atoms with van der Waals surface area (Å²) in [5.41, 5.74) is -1.11. The van der Waals surface area contributed by atoms with E-state index in [1.165, 1.54) is 0 Å². The Bertz CT molecular complexity index is 1190. The standard InChI is InChI=1S/C22H17ClF5N3O3/c23-15-6-16(24)14(5-17(15)25)19(10-1-2-10)30-20(33)18-4-13(32)9-31(18)21(34)11-3-12(8-29-7-11)22(26,27)28/h1,3,5-8,13,18-19,32H,2,4,9H2,(H,30,33)/t13-,18-,19-/m1/s1. The van der Waals surface area contributed by atoms with Crippen LogP contribution in [0.2, 0.25) is 5.02 Å². The van der Waals surface area contributed by atoms with E-state index in [0.717, 1.165) is 23.2 Å². The topological polar surface area (TPSA) is 82.5 Å². The molecule has 2 N–H and O–H groups in total. The number of amides is 2. The zero-order valence-corrected chi connectivity index (χ0v) is 18.0. The molecular formula is C22H17ClF5N3O3. The molecule has 2 aromatic rings. The number of rotatable bonds is 5. The molecule has 6 nitrogen and oxygen atoms in total. The van der Waals surface area contributed by atoms with E-state index in [1.54, 1.807) is 6.08 Å². The molecule has 3 atom stereocenters. The van der Waals surface area contributed by atoms with Crippen LogP contribution in [0.1, 0.15) is 40.4 Å². The molecule has 0 spiro atoms. The van der Waals surface area contributed by atoms with Crippen molar-refractivity contribution >= 4 is 23.4 Å². The molecule has 1 saturated heterocycles. The van der Waals surface area contributed by atoms with E-state index in [0.29, 0.717) is 24.3 Å². The molecule has 2 aliphatic rings. The number of aliphatic hydroxyl groups excluding tert-OH is 1. The summed E-state index contributed by atoms with van der Waals surface area (Å²) in [4.78, 5) is 30.4. The monoisotopic (exact) mass is 501 g/mol. The lowest BCUT2D eigenvalue weighted by Crippen LogP contribution is -2.47. The Morgan fingerprint density at radius 2 is 1.88 bits per heavy atom. The third kappa shape index (κ3) is 4.90. The second-order valence-corrected chi connectivity index (χ2v) is 8.44. The fourth-order valence-corrected chi connectivity index (χ4v) is 3.98. The maximum Gasteiger partial charge on any atom is 0.417 e. The highest BCUT2D eigenvalue weighted by Crippen LogP contribution is 2.37. The molecule has 1 aromatic carbocycles. The fraction of sp³-hybridized carbons (Fsp3) is 0.318. The third-order valence-electron chi connectivity index (χ3n) is 5.60. The zero-order chi connectivity index (χ0) is 24.8. The molecule has 2 heterocycles. The number of aliphatic hydroxyl groups is 1. The number of allylic oxidation sites excluding steroid dienone is 1. The quantitative estimate of drug-likeness (QED) is 0.371. The van der Waals surface area contributed by atoms with Gasteiger partial charge in [-0.25, -0.2) is 8.78 Å². The number of likely N-dealkylation sites (tertiary alicyclic amines) is 1. The maximum absolute atomic E-state index is 14.5. The highest BCUT2D eigenvalue weighted by molar-refractivity contribution is 6.30. The largest absolute Gasteiger partial charge is 0.417 e. The maximum atomic E-state index is 14.5. The van der Waals surface area contributed by atoms with Crippen molar-refractivity contribution in [2.75, 3.05) is 6.54 Å². The van der Waals surface area contributed by atoms with Crippen LogP contribution in [0.3, 0.4) is 0 Å². The van der Waals surface area contributed by atoms with Crippen LogP contribution in [0.25, 0.3) is 0 Å². The summed E-state index contributed by atoms with van der Waals surface area (Å²) in [6.45, 7) is -0.301. The summed E-state index contributed by atoms with van der Waals surface area (Å²) in [5.74, 6) is -3.44. The van der Waals surface area contributed by atoms with Crippen molar-refractivity contribution in [3.63, 3.8) is 0 Å². The van der Waals surface area contributed by atoms with Crippen LogP contribution in [0.15, 0.2) is 42.2 Å². The summed E-state index contributed by atoms with van der Waals surface area (Å²) < 4.78 is 67.5. The van der Waals surface area contributed by atoms with E-state index in [2.05, 4.69) is 10.3 Å². The first-order chi connectivity index (χ1) is 16.0. The van der Waals surface area contributed by atoms with Gasteiger partial charge in [-0.05, 0) is 30.2 Å². The lowest BCUT2D eigenvalue weighted by molar-refractivity contribution is -0.137. The number of β-amino-alcohol motifs (C(OH)–C–C–N with tert-alkyl or cyclic N) is 1. The summed E-state index contributed by atoms with van der Waals surface area (Å²) in [6.07, 6.45) is -2.39. The fourth-order valence-electron chi connectivity index (χ4n) is 3.83. The van der Waals surface area contributed by atoms with Gasteiger partial charge in [-0.3, -0.25) is 14.6 Å². The Kier molecular flexibility index (Phi) is 6.34. The molecule has 1 aliphatic heterocycles. The molecule has 0 unspecified atom stereocenters. The molecule has 12 heteroatoms. The molecule has 0 bridgehead atoms. The predicted octanol–water partition coefficient (Wildman–Crippen LogP) is 3.80. The van der Waals surface area contributed by atoms with Gasteiger partial charge in [-0.1, -0.05) is 17.7 Å². The van der Waals surface area contributed by atoms with E-state index < -0.39 is 64.0 Å². The average molecular weight is 502 g/mol. The lowest BCUT2D eigenvalue weighted by atomic mass is 10.0. The minimum absolute atomic E-state index is 0.169. The number of nitrogens with zero attached hydrogens (tertiary/aromatic N) is 2. The number of carbonyl (C=O) groups is 2. The van der Waals surface area contributed by atoms with Gasteiger partial charge in [-0.15, -0.1) is 0 Å². The molecule has 180 valence electrons. The number of hydrogen-bond acceptors (Lipinski definition) is 4. The Balaban J connectivity index is 1.58. The number of benzene rings is 1. The third-order valence-corrected chi connectivity index (χ3v) is 5.89. The van der Waals surface area contributed by atoms with Gasteiger partial charge in [0.05, 0.1) is 28.3 Å². The second kappa shape index (κ2) is 8.95. The molecule has 1 fully saturated rings. The number of alkyl halides is 3. The SMILES string of the molecule is O=C(N[C@H](C1=CC1)c1cc(F)c(Cl)cc1F)[C@H]1C[C@@H](O)CN1C(=O)c1cncc(C(F)(F)F)c1. The van der Waals surface area contributed by atoms with Gasteiger partial charge in [0.1, 0.15) is 17.7 Å². The van der Waals surface area contributed by atoms with Crippen molar-refractivity contribution in [2.24, 2.45) is 0 Å². The minimum atomic E-state index is -4.73. The first-order valence-electron chi connectivity index (χ1n) is 10.1. The van der Waals surface area contributed by atoms with Crippen LogP contribution < -0.4 is 5.32 Å². The molecular weight excluding hydrogens is 485 g/mol. The van der Waals surface area contributed by atoms with Crippen LogP contribution in [-0.2, 0) is 11.0 Å². The van der Waals surface area contributed by atoms with E-state index in [4.69, 9.17) is 11.6 Å². The minimum Gasteiger partial charge on any atom is -0.391 e. The van der Waals surface area contributed by atoms with Gasteiger partial charge in [0.2, 0.25) is 5.91 Å². The van der Waals surface area contributed by atoms with Gasteiger partial charge in [0, 0.05) is 30.9 Å². The smallest absolute Gasteiger partial charge is 0.391 e. The van der Waals surface area contributed by atoms with Gasteiger partial charge in [0.25, 0.3) is 5.91 Å². The summed E-state index contributed by atoms with van der Waals surface area (Å²) in [6, 6.07) is -0.0334. The molecule has 34 heavy (non-hydrogen) atoms. The molecule has 1 aliphatic carbocycles. The molecule has 0 radical (unpaired) electrons. The van der Waals surface area contributed by atoms with Crippen molar-refractivity contribution in [3.05, 3.63) is 75.6 Å². The summed E-state index contributed by atoms with van der Waals surface area (Å²) >= 11 is 5.60. The van der Waals surface area contributed by atoms with Crippen molar-refractivity contribution < 1.29 is 36.6 Å². The normalized spacial score (nSPS) is 20.7. The van der Waals surface area contributed by atoms with Crippen LogP contribution >= 0.6 is 11.6 Å². The van der Waals surface area contributed by atoms with Crippen molar-refractivity contribution in [3.8, 4) is 0 Å². The van der Waals surface area contributed by atoms with Crippen molar-refractivity contribution in [1.82, 2.24) is 15.2 Å². The average Bonchev–Trinajstić information content (AvgIpc) is 3.54. The highest BCUT2D eigenvalue weighted by atomic mass is 35.5. The zero-order valence-electron chi connectivity index (χ0n) is 17.2. The number of aromatic nitrogens is 1. The van der Waals surface area contributed by atoms with E-state index in [1.807, 2.05) is 0 Å². The Labute approximate surface area is 195 Å². The summed E-state index contributed by atoms with van der Waals surface area (Å²) in [7, 11) is 0. The van der Waals surface area contributed by atoms with Gasteiger partial charge in [-0.2, -0.15) is 13.2 Å². The Morgan fingerprint density at radius 3 is 2.53 bits per heavy atom. The predicted molar refractivity (Wildman–Crippen MR) is 110 cm³/mol. The van der Waals surface area contributed by atoms with Crippen LogP contribution in [0, 0.1) is 11.6 Å². The van der Waals surface area contributed by atoms with E-state index >= 15 is 0 Å². The van der Waals surface area contributed by atoms with Crippen LogP contribution in [-0.4, -0.2) is 45.5 Å². The number of pyridine rings is 1. The van der Waals surface area contributed by atoms with Crippen LogP contribution in [0.5, 0.6) is 0 Å². The number of hydrogen-bond donors (Lipinski definition) is 2. The molecule has 1 aromatic heterocycles. The van der Waals surface area contributed by atoms with E-state index in [-0.39, 0.29) is 18.5 Å². The van der Waals surface area contributed by atoms with Crippen molar-refractivity contribution in [2.45, 2.75) is 37.2 Å². The van der Waals surface area contributed by atoms with Crippen LogP contribution in [0.4, 0.5) is 22.0 Å². The van der Waals surface area contributed by atoms with Gasteiger partial charge >= 0.3 is 6.18 Å². The second-order valence-electron chi connectivity index (χ2n) is 8.04. The number of nitrogens with one attached hydrogen (secondary N) is 1. The first kappa shape index (κ1) is 24.1. The molecule has 4 rings (SSSR count). The van der Waals surface area contributed by atoms with Gasteiger partial charge < -0.3 is 15.3 Å². The van der Waals surface area contributed by atoms with E-state index in [9.17, 15) is 36.6 Å². The Morgan fingerprint density at radius 1 is 1.18 bits per heavy atom. The highest BCUT2D eigenvalue weighted by Gasteiger charge is 2.41.